The number of amides is 2. The summed E-state index contributed by atoms with van der Waals surface area (Å²) in [6, 6.07) is 19.7. The minimum absolute atomic E-state index is 0.132. The van der Waals surface area contributed by atoms with Gasteiger partial charge >= 0.3 is 6.09 Å². The van der Waals surface area contributed by atoms with Crippen LogP contribution in [-0.2, 0) is 4.74 Å². The number of nitrogens with zero attached hydrogens (tertiary/aromatic N) is 3. The third kappa shape index (κ3) is 6.43. The number of nitrogens with one attached hydrogen (secondary N) is 1. The van der Waals surface area contributed by atoms with Gasteiger partial charge in [0, 0.05) is 35.8 Å². The van der Waals surface area contributed by atoms with Crippen molar-refractivity contribution in [1.82, 2.24) is 15.0 Å². The Morgan fingerprint density at radius 1 is 0.933 bits per heavy atom. The molecule has 2 amide bonds. The highest BCUT2D eigenvalue weighted by Gasteiger charge is 2.45. The Balaban J connectivity index is 1.15. The lowest BCUT2D eigenvalue weighted by atomic mass is 9.84. The number of benzene rings is 3. The molecule has 1 N–H and O–H groups in total. The normalized spacial score (nSPS) is 19.3. The maximum atomic E-state index is 13.3. The van der Waals surface area contributed by atoms with Crippen molar-refractivity contribution in [2.75, 3.05) is 12.4 Å². The largest absolute Gasteiger partial charge is 0.496 e. The van der Waals surface area contributed by atoms with Crippen molar-refractivity contribution in [3.8, 4) is 28.3 Å². The molecular weight excluding hydrogens is 568 g/mol. The van der Waals surface area contributed by atoms with E-state index < -0.39 is 5.60 Å². The zero-order valence-corrected chi connectivity index (χ0v) is 26.7. The van der Waals surface area contributed by atoms with Gasteiger partial charge in [-0.05, 0) is 118 Å². The van der Waals surface area contributed by atoms with E-state index >= 15 is 0 Å². The molecule has 2 bridgehead atoms. The summed E-state index contributed by atoms with van der Waals surface area (Å²) < 4.78 is 16.6. The maximum Gasteiger partial charge on any atom is 0.410 e. The first-order valence-electron chi connectivity index (χ1n) is 15.5. The van der Waals surface area contributed by atoms with Crippen molar-refractivity contribution < 1.29 is 23.6 Å². The van der Waals surface area contributed by atoms with Crippen molar-refractivity contribution in [3.63, 3.8) is 0 Å². The second kappa shape index (κ2) is 12.0. The number of rotatable bonds is 6. The van der Waals surface area contributed by atoms with E-state index in [4.69, 9.17) is 14.0 Å². The van der Waals surface area contributed by atoms with Crippen LogP contribution in [0.2, 0.25) is 0 Å². The zero-order valence-electron chi connectivity index (χ0n) is 26.7. The van der Waals surface area contributed by atoms with Crippen LogP contribution in [0.15, 0.2) is 65.2 Å². The van der Waals surface area contributed by atoms with Gasteiger partial charge in [0.1, 0.15) is 11.4 Å². The molecule has 9 nitrogen and oxygen atoms in total. The lowest BCUT2D eigenvalue weighted by molar-refractivity contribution is 0.00577. The van der Waals surface area contributed by atoms with Gasteiger partial charge in [-0.2, -0.15) is 4.98 Å². The fourth-order valence-corrected chi connectivity index (χ4v) is 6.72. The molecule has 0 spiro atoms. The average Bonchev–Trinajstić information content (AvgIpc) is 3.56. The molecule has 0 radical (unpaired) electrons. The lowest BCUT2D eigenvalue weighted by Gasteiger charge is -2.40. The fourth-order valence-electron chi connectivity index (χ4n) is 6.72. The zero-order chi connectivity index (χ0) is 31.9. The first kappa shape index (κ1) is 30.4. The Kier molecular flexibility index (Phi) is 8.12. The lowest BCUT2D eigenvalue weighted by Crippen LogP contribution is -2.48. The van der Waals surface area contributed by atoms with Crippen molar-refractivity contribution in [1.29, 1.82) is 0 Å². The number of anilines is 1. The SMILES string of the molecule is COc1ccc(NC(=O)c2ccc(-c3ccc(-c4noc(C)n4)cc3C)cc2)cc1C1CC2CCC(C1)N2C(=O)OC(C)(C)C. The van der Waals surface area contributed by atoms with Crippen molar-refractivity contribution in [3.05, 3.63) is 83.2 Å². The van der Waals surface area contributed by atoms with Gasteiger partial charge in [0.25, 0.3) is 5.91 Å². The summed E-state index contributed by atoms with van der Waals surface area (Å²) in [6.45, 7) is 9.51. The molecule has 2 unspecified atom stereocenters. The highest BCUT2D eigenvalue weighted by atomic mass is 16.6. The van der Waals surface area contributed by atoms with Crippen LogP contribution >= 0.6 is 0 Å². The van der Waals surface area contributed by atoms with E-state index in [-0.39, 0.29) is 30.0 Å². The molecule has 3 aromatic carbocycles. The molecule has 2 aliphatic heterocycles. The van der Waals surface area contributed by atoms with Crippen LogP contribution in [0.3, 0.4) is 0 Å². The minimum atomic E-state index is -0.524. The molecule has 2 atom stereocenters. The van der Waals surface area contributed by atoms with Crippen LogP contribution in [0.4, 0.5) is 10.5 Å². The third-order valence-corrected chi connectivity index (χ3v) is 8.74. The van der Waals surface area contributed by atoms with E-state index in [9.17, 15) is 9.59 Å². The van der Waals surface area contributed by atoms with Gasteiger partial charge in [-0.1, -0.05) is 29.4 Å². The molecule has 6 rings (SSSR count). The monoisotopic (exact) mass is 608 g/mol. The molecule has 0 aliphatic carbocycles. The Morgan fingerprint density at radius 3 is 2.22 bits per heavy atom. The molecule has 4 aromatic rings. The smallest absolute Gasteiger partial charge is 0.410 e. The van der Waals surface area contributed by atoms with Crippen LogP contribution in [0.25, 0.3) is 22.5 Å². The van der Waals surface area contributed by atoms with E-state index in [0.717, 1.165) is 59.3 Å². The summed E-state index contributed by atoms with van der Waals surface area (Å²) >= 11 is 0. The minimum Gasteiger partial charge on any atom is -0.496 e. The fraction of sp³-hybridized carbons (Fsp3) is 0.389. The number of aryl methyl sites for hydroxylation is 2. The number of hydrogen-bond acceptors (Lipinski definition) is 7. The first-order valence-corrected chi connectivity index (χ1v) is 15.5. The van der Waals surface area contributed by atoms with E-state index in [1.54, 1.807) is 14.0 Å². The number of ether oxygens (including phenoxy) is 2. The molecule has 1 aromatic heterocycles. The van der Waals surface area contributed by atoms with Crippen molar-refractivity contribution in [2.24, 2.45) is 0 Å². The molecule has 0 saturated carbocycles. The van der Waals surface area contributed by atoms with Gasteiger partial charge in [-0.15, -0.1) is 0 Å². The van der Waals surface area contributed by atoms with Gasteiger partial charge in [0.15, 0.2) is 0 Å². The molecule has 9 heteroatoms. The second-order valence-corrected chi connectivity index (χ2v) is 13.1. The van der Waals surface area contributed by atoms with Gasteiger partial charge in [-0.25, -0.2) is 4.79 Å². The Hall–Kier alpha value is -4.66. The summed E-state index contributed by atoms with van der Waals surface area (Å²) in [5, 5.41) is 7.09. The molecule has 2 fully saturated rings. The van der Waals surface area contributed by atoms with Crippen LogP contribution in [0.5, 0.6) is 5.75 Å². The predicted octanol–water partition coefficient (Wildman–Crippen LogP) is 7.93. The maximum absolute atomic E-state index is 13.3. The van der Waals surface area contributed by atoms with E-state index in [0.29, 0.717) is 23.0 Å². The molecule has 3 heterocycles. The van der Waals surface area contributed by atoms with Gasteiger partial charge < -0.3 is 24.2 Å². The Labute approximate surface area is 263 Å². The summed E-state index contributed by atoms with van der Waals surface area (Å²) in [6.07, 6.45) is 3.38. The van der Waals surface area contributed by atoms with E-state index in [1.165, 1.54) is 0 Å². The number of piperidine rings is 1. The number of methoxy groups -OCH3 is 1. The van der Waals surface area contributed by atoms with Gasteiger partial charge in [0.05, 0.1) is 7.11 Å². The molecule has 234 valence electrons. The quantitative estimate of drug-likeness (QED) is 0.237. The number of hydrogen-bond donors (Lipinski definition) is 1. The Bertz CT molecular complexity index is 1710. The number of aromatic nitrogens is 2. The highest BCUT2D eigenvalue weighted by molar-refractivity contribution is 6.04. The molecular formula is C36H40N4O5. The van der Waals surface area contributed by atoms with Gasteiger partial charge in [0.2, 0.25) is 11.7 Å². The number of fused-ring (bicyclic) bond motifs is 2. The first-order chi connectivity index (χ1) is 21.5. The van der Waals surface area contributed by atoms with Crippen LogP contribution < -0.4 is 10.1 Å². The van der Waals surface area contributed by atoms with Gasteiger partial charge in [-0.3, -0.25) is 4.79 Å². The number of carbonyl (C=O) groups is 2. The van der Waals surface area contributed by atoms with Crippen molar-refractivity contribution in [2.45, 2.75) is 83.9 Å². The average molecular weight is 609 g/mol. The van der Waals surface area contributed by atoms with Crippen LogP contribution in [-0.4, -0.2) is 51.8 Å². The summed E-state index contributed by atoms with van der Waals surface area (Å²) in [7, 11) is 1.67. The summed E-state index contributed by atoms with van der Waals surface area (Å²) in [5.74, 6) is 1.92. The standard InChI is InChI=1S/C36H40N4O5/c1-21-17-25(33-37-22(2)45-39-33)11-15-30(21)23-7-9-24(10-8-23)34(41)38-27-12-16-32(43-6)31(20-27)26-18-28-13-14-29(19-26)40(28)35(42)44-36(3,4)5/h7-12,15-17,20,26,28-29H,13-14,18-19H2,1-6H3,(H,38,41). The Morgan fingerprint density at radius 2 is 1.62 bits per heavy atom. The summed E-state index contributed by atoms with van der Waals surface area (Å²) in [5.41, 5.74) is 5.86. The number of carbonyl (C=O) groups excluding carboxylic acids is 2. The van der Waals surface area contributed by atoms with E-state index in [2.05, 4.69) is 15.5 Å². The van der Waals surface area contributed by atoms with Crippen LogP contribution in [0.1, 0.15) is 79.7 Å². The molecule has 45 heavy (non-hydrogen) atoms. The summed E-state index contributed by atoms with van der Waals surface area (Å²) in [4.78, 5) is 32.5. The highest BCUT2D eigenvalue weighted by Crippen LogP contribution is 2.46. The third-order valence-electron chi connectivity index (χ3n) is 8.74. The molecule has 2 aliphatic rings. The van der Waals surface area contributed by atoms with E-state index in [1.807, 2.05) is 93.3 Å². The predicted molar refractivity (Wildman–Crippen MR) is 172 cm³/mol. The van der Waals surface area contributed by atoms with Crippen LogP contribution in [0, 0.1) is 13.8 Å². The molecule has 2 saturated heterocycles. The topological polar surface area (TPSA) is 107 Å². The van der Waals surface area contributed by atoms with Crippen molar-refractivity contribution >= 4 is 17.7 Å². The second-order valence-electron chi connectivity index (χ2n) is 13.1.